The summed E-state index contributed by atoms with van der Waals surface area (Å²) in [6, 6.07) is 11.7. The normalized spacial score (nSPS) is 10.6. The van der Waals surface area contributed by atoms with Crippen LogP contribution >= 0.6 is 22.9 Å². The molecule has 0 saturated heterocycles. The second kappa shape index (κ2) is 10.2. The number of nitro groups is 1. The number of urea groups is 1. The highest BCUT2D eigenvalue weighted by molar-refractivity contribution is 7.15. The monoisotopic (exact) mass is 459 g/mol. The van der Waals surface area contributed by atoms with E-state index in [0.29, 0.717) is 15.7 Å². The molecule has 1 aromatic heterocycles. The van der Waals surface area contributed by atoms with E-state index in [0.717, 1.165) is 16.9 Å². The molecule has 0 aliphatic carbocycles. The summed E-state index contributed by atoms with van der Waals surface area (Å²) in [6.45, 7) is 0. The summed E-state index contributed by atoms with van der Waals surface area (Å²) in [4.78, 5) is 34.1. The zero-order chi connectivity index (χ0) is 22.2. The maximum atomic E-state index is 12.0. The number of non-ortho nitro benzene ring substituents is 1. The number of amides is 3. The summed E-state index contributed by atoms with van der Waals surface area (Å²) >= 11 is 6.82. The zero-order valence-corrected chi connectivity index (χ0v) is 17.2. The zero-order valence-electron chi connectivity index (χ0n) is 15.6. The molecule has 3 amide bonds. The first kappa shape index (κ1) is 21.8. The summed E-state index contributed by atoms with van der Waals surface area (Å²) in [5.41, 5.74) is 3.43. The Morgan fingerprint density at radius 3 is 2.48 bits per heavy atom. The molecule has 0 unspecified atom stereocenters. The molecule has 0 saturated carbocycles. The van der Waals surface area contributed by atoms with Crippen molar-refractivity contribution in [2.75, 3.05) is 10.6 Å². The maximum absolute atomic E-state index is 12.0. The number of nitrogens with zero attached hydrogens (tertiary/aromatic N) is 4. The first-order chi connectivity index (χ1) is 14.9. The van der Waals surface area contributed by atoms with Crippen LogP contribution in [-0.2, 0) is 11.2 Å². The van der Waals surface area contributed by atoms with E-state index in [1.165, 1.54) is 30.5 Å². The van der Waals surface area contributed by atoms with Crippen molar-refractivity contribution in [2.45, 2.75) is 6.42 Å². The van der Waals surface area contributed by atoms with E-state index < -0.39 is 16.9 Å². The molecule has 31 heavy (non-hydrogen) atoms. The molecular formula is C18H14ClN7O4S. The largest absolute Gasteiger partial charge is 0.325 e. The van der Waals surface area contributed by atoms with Crippen molar-refractivity contribution in [3.63, 3.8) is 0 Å². The predicted octanol–water partition coefficient (Wildman–Crippen LogP) is 3.44. The molecule has 158 valence electrons. The minimum atomic E-state index is -0.603. The van der Waals surface area contributed by atoms with Crippen LogP contribution in [-0.4, -0.2) is 33.3 Å². The van der Waals surface area contributed by atoms with Gasteiger partial charge >= 0.3 is 6.03 Å². The first-order valence-electron chi connectivity index (χ1n) is 8.61. The van der Waals surface area contributed by atoms with Crippen molar-refractivity contribution in [3.8, 4) is 0 Å². The molecule has 13 heteroatoms. The number of hydrogen-bond acceptors (Lipinski definition) is 8. The predicted molar refractivity (Wildman–Crippen MR) is 117 cm³/mol. The number of carbonyl (C=O) groups excluding carboxylic acids is 2. The van der Waals surface area contributed by atoms with Gasteiger partial charge < -0.3 is 5.32 Å². The molecule has 11 nitrogen and oxygen atoms in total. The Labute approximate surface area is 184 Å². The Hall–Kier alpha value is -3.90. The highest BCUT2D eigenvalue weighted by atomic mass is 35.5. The van der Waals surface area contributed by atoms with Crippen molar-refractivity contribution in [1.29, 1.82) is 0 Å². The molecule has 3 aromatic rings. The summed E-state index contributed by atoms with van der Waals surface area (Å²) < 4.78 is 0. The number of carbonyl (C=O) groups is 2. The van der Waals surface area contributed by atoms with Crippen LogP contribution in [0.2, 0.25) is 5.02 Å². The van der Waals surface area contributed by atoms with Crippen LogP contribution in [0.25, 0.3) is 0 Å². The lowest BCUT2D eigenvalue weighted by Crippen LogP contribution is -2.19. The number of anilines is 2. The highest BCUT2D eigenvalue weighted by Crippen LogP contribution is 2.18. The highest BCUT2D eigenvalue weighted by Gasteiger charge is 2.12. The molecule has 3 rings (SSSR count). The van der Waals surface area contributed by atoms with Crippen LogP contribution in [0.5, 0.6) is 0 Å². The van der Waals surface area contributed by atoms with Crippen LogP contribution in [0.1, 0.15) is 10.6 Å². The van der Waals surface area contributed by atoms with Crippen molar-refractivity contribution >= 4 is 57.6 Å². The summed E-state index contributed by atoms with van der Waals surface area (Å²) in [5, 5.41) is 28.3. The SMILES string of the molecule is O=C(Cc1nnc(NC(=O)Nc2ccc([N+](=O)[O-])cc2)s1)N/N=C\c1ccc(Cl)cc1. The van der Waals surface area contributed by atoms with Gasteiger partial charge in [-0.3, -0.25) is 20.2 Å². The number of nitro benzene ring substituents is 1. The van der Waals surface area contributed by atoms with Gasteiger partial charge in [0.15, 0.2) is 0 Å². The average Bonchev–Trinajstić information content (AvgIpc) is 3.16. The number of nitrogens with one attached hydrogen (secondary N) is 3. The van der Waals surface area contributed by atoms with E-state index in [4.69, 9.17) is 11.6 Å². The number of aromatic nitrogens is 2. The van der Waals surface area contributed by atoms with Crippen LogP contribution in [0.4, 0.5) is 21.3 Å². The number of benzene rings is 2. The fourth-order valence-electron chi connectivity index (χ4n) is 2.21. The maximum Gasteiger partial charge on any atom is 0.325 e. The van der Waals surface area contributed by atoms with Crippen molar-refractivity contribution < 1.29 is 14.5 Å². The second-order valence-corrected chi connectivity index (χ2v) is 7.40. The van der Waals surface area contributed by atoms with Gasteiger partial charge in [0, 0.05) is 22.8 Å². The van der Waals surface area contributed by atoms with Gasteiger partial charge in [-0.15, -0.1) is 10.2 Å². The topological polar surface area (TPSA) is 152 Å². The van der Waals surface area contributed by atoms with Gasteiger partial charge in [-0.25, -0.2) is 10.2 Å². The summed E-state index contributed by atoms with van der Waals surface area (Å²) in [6.07, 6.45) is 1.41. The lowest BCUT2D eigenvalue weighted by Gasteiger charge is -2.04. The third-order valence-corrected chi connectivity index (χ3v) is 4.70. The molecule has 0 aliphatic rings. The van der Waals surface area contributed by atoms with Crippen LogP contribution < -0.4 is 16.1 Å². The average molecular weight is 460 g/mol. The fraction of sp³-hybridized carbons (Fsp3) is 0.0556. The third-order valence-electron chi connectivity index (χ3n) is 3.61. The Morgan fingerprint density at radius 1 is 1.10 bits per heavy atom. The fourth-order valence-corrected chi connectivity index (χ4v) is 3.07. The van der Waals surface area contributed by atoms with Crippen LogP contribution in [0, 0.1) is 10.1 Å². The molecular weight excluding hydrogens is 446 g/mol. The van der Waals surface area contributed by atoms with Crippen LogP contribution in [0.3, 0.4) is 0 Å². The Morgan fingerprint density at radius 2 is 1.81 bits per heavy atom. The van der Waals surface area contributed by atoms with E-state index in [1.807, 2.05) is 0 Å². The summed E-state index contributed by atoms with van der Waals surface area (Å²) in [5.74, 6) is -0.400. The molecule has 0 bridgehead atoms. The lowest BCUT2D eigenvalue weighted by atomic mass is 10.2. The van der Waals surface area contributed by atoms with Gasteiger partial charge in [-0.1, -0.05) is 35.1 Å². The first-order valence-corrected chi connectivity index (χ1v) is 9.81. The van der Waals surface area contributed by atoms with Gasteiger partial charge in [0.25, 0.3) is 5.69 Å². The van der Waals surface area contributed by atoms with Gasteiger partial charge in [0.2, 0.25) is 11.0 Å². The standard InChI is InChI=1S/C18H14ClN7O4S/c19-12-3-1-11(2-4-12)10-20-23-15(27)9-16-24-25-18(31-16)22-17(28)21-13-5-7-14(8-6-13)26(29)30/h1-8,10H,9H2,(H,23,27)(H2,21,22,25,28)/b20-10-. The molecule has 0 spiro atoms. The number of hydrazone groups is 1. The number of hydrogen-bond donors (Lipinski definition) is 3. The minimum absolute atomic E-state index is 0.0682. The molecule has 3 N–H and O–H groups in total. The van der Waals surface area contributed by atoms with Gasteiger partial charge in [-0.05, 0) is 29.8 Å². The molecule has 0 radical (unpaired) electrons. The lowest BCUT2D eigenvalue weighted by molar-refractivity contribution is -0.384. The smallest absolute Gasteiger partial charge is 0.308 e. The molecule has 0 aliphatic heterocycles. The van der Waals surface area contributed by atoms with Crippen LogP contribution in [0.15, 0.2) is 53.6 Å². The van der Waals surface area contributed by atoms with Gasteiger partial charge in [0.1, 0.15) is 5.01 Å². The van der Waals surface area contributed by atoms with Gasteiger partial charge in [-0.2, -0.15) is 5.10 Å². The Balaban J connectivity index is 1.46. The third kappa shape index (κ3) is 6.83. The number of halogens is 1. The van der Waals surface area contributed by atoms with E-state index in [9.17, 15) is 19.7 Å². The Bertz CT molecular complexity index is 1120. The van der Waals surface area contributed by atoms with E-state index in [-0.39, 0.29) is 17.2 Å². The molecule has 0 atom stereocenters. The molecule has 1 heterocycles. The summed E-state index contributed by atoms with van der Waals surface area (Å²) in [7, 11) is 0. The van der Waals surface area contributed by atoms with Gasteiger partial charge in [0.05, 0.1) is 17.6 Å². The quantitative estimate of drug-likeness (QED) is 0.279. The van der Waals surface area contributed by atoms with Crippen molar-refractivity contribution in [3.05, 3.63) is 74.2 Å². The second-order valence-electron chi connectivity index (χ2n) is 5.91. The Kier molecular flexibility index (Phi) is 7.19. The molecule has 0 fully saturated rings. The van der Waals surface area contributed by atoms with Crippen molar-refractivity contribution in [1.82, 2.24) is 15.6 Å². The van der Waals surface area contributed by atoms with E-state index in [2.05, 4.69) is 31.4 Å². The van der Waals surface area contributed by atoms with Crippen molar-refractivity contribution in [2.24, 2.45) is 5.10 Å². The minimum Gasteiger partial charge on any atom is -0.308 e. The number of rotatable bonds is 7. The van der Waals surface area contributed by atoms with E-state index in [1.54, 1.807) is 24.3 Å². The van der Waals surface area contributed by atoms with E-state index >= 15 is 0 Å². The molecule has 2 aromatic carbocycles.